The van der Waals surface area contributed by atoms with E-state index in [1.807, 2.05) is 20.8 Å². The second-order valence-electron chi connectivity index (χ2n) is 6.82. The Morgan fingerprint density at radius 1 is 1.39 bits per heavy atom. The summed E-state index contributed by atoms with van der Waals surface area (Å²) >= 11 is 0. The number of ether oxygens (including phenoxy) is 2. The maximum absolute atomic E-state index is 12.0. The molecule has 0 bridgehead atoms. The minimum atomic E-state index is -1.08. The molecule has 7 heteroatoms. The molecule has 1 aliphatic heterocycles. The zero-order valence-corrected chi connectivity index (χ0v) is 14.4. The third kappa shape index (κ3) is 6.09. The van der Waals surface area contributed by atoms with Crippen molar-refractivity contribution in [3.05, 3.63) is 12.7 Å². The minimum Gasteiger partial charge on any atom is -0.445 e. The van der Waals surface area contributed by atoms with Gasteiger partial charge in [0, 0.05) is 13.1 Å². The summed E-state index contributed by atoms with van der Waals surface area (Å²) < 4.78 is 10.2. The number of likely N-dealkylation sites (tertiary alicyclic amines) is 1. The first kappa shape index (κ1) is 19.3. The molecule has 1 fully saturated rings. The van der Waals surface area contributed by atoms with Crippen molar-refractivity contribution in [3.8, 4) is 0 Å². The molecule has 0 spiro atoms. The van der Waals surface area contributed by atoms with Crippen molar-refractivity contribution in [3.63, 3.8) is 0 Å². The predicted molar refractivity (Wildman–Crippen MR) is 86.1 cm³/mol. The van der Waals surface area contributed by atoms with Crippen molar-refractivity contribution in [1.29, 1.82) is 0 Å². The smallest absolute Gasteiger partial charge is 0.410 e. The standard InChI is InChI=1S/C16H28N2O5/c1-6-11-22-13(19)17-12(2)16(21)7-9-18(10-8-16)14(20)23-15(3,4)5/h6,12,21H,1,7-11H2,2-5H3,(H,17,19). The molecule has 132 valence electrons. The van der Waals surface area contributed by atoms with Crippen molar-refractivity contribution >= 4 is 12.2 Å². The van der Waals surface area contributed by atoms with Crippen LogP contribution in [0.15, 0.2) is 12.7 Å². The Balaban J connectivity index is 2.50. The summed E-state index contributed by atoms with van der Waals surface area (Å²) in [6.45, 7) is 11.5. The fourth-order valence-corrected chi connectivity index (χ4v) is 2.32. The van der Waals surface area contributed by atoms with Crippen LogP contribution in [0.2, 0.25) is 0 Å². The Hall–Kier alpha value is -1.76. The molecule has 2 N–H and O–H groups in total. The molecule has 1 aliphatic rings. The molecule has 1 rings (SSSR count). The second kappa shape index (κ2) is 7.68. The Kier molecular flexibility index (Phi) is 6.44. The zero-order chi connectivity index (χ0) is 17.7. The number of amides is 2. The average Bonchev–Trinajstić information content (AvgIpc) is 2.43. The van der Waals surface area contributed by atoms with E-state index in [1.165, 1.54) is 6.08 Å². The van der Waals surface area contributed by atoms with Gasteiger partial charge in [-0.3, -0.25) is 0 Å². The van der Waals surface area contributed by atoms with Gasteiger partial charge < -0.3 is 24.8 Å². The third-order valence-corrected chi connectivity index (χ3v) is 3.75. The Bertz CT molecular complexity index is 436. The van der Waals surface area contributed by atoms with Crippen LogP contribution in [-0.2, 0) is 9.47 Å². The number of hydrogen-bond acceptors (Lipinski definition) is 5. The lowest BCUT2D eigenvalue weighted by atomic mass is 9.85. The number of rotatable bonds is 4. The molecule has 7 nitrogen and oxygen atoms in total. The molecule has 1 atom stereocenters. The van der Waals surface area contributed by atoms with Crippen LogP contribution in [0.25, 0.3) is 0 Å². The molecular formula is C16H28N2O5. The normalized spacial score (nSPS) is 18.7. The van der Waals surface area contributed by atoms with E-state index in [2.05, 4.69) is 11.9 Å². The summed E-state index contributed by atoms with van der Waals surface area (Å²) in [5, 5.41) is 13.3. The highest BCUT2D eigenvalue weighted by Crippen LogP contribution is 2.26. The quantitative estimate of drug-likeness (QED) is 0.771. The van der Waals surface area contributed by atoms with E-state index in [0.29, 0.717) is 25.9 Å². The van der Waals surface area contributed by atoms with Crippen molar-refractivity contribution in [2.24, 2.45) is 0 Å². The molecule has 1 saturated heterocycles. The number of carbonyl (C=O) groups is 2. The van der Waals surface area contributed by atoms with Gasteiger partial charge in [-0.2, -0.15) is 0 Å². The maximum Gasteiger partial charge on any atom is 0.410 e. The number of piperidine rings is 1. The maximum atomic E-state index is 12.0. The van der Waals surface area contributed by atoms with Crippen LogP contribution < -0.4 is 5.32 Å². The Labute approximate surface area is 137 Å². The van der Waals surface area contributed by atoms with E-state index in [9.17, 15) is 14.7 Å². The SMILES string of the molecule is C=CCOC(=O)NC(C)C1(O)CCN(C(=O)OC(C)(C)C)CC1. The highest BCUT2D eigenvalue weighted by Gasteiger charge is 2.40. The van der Waals surface area contributed by atoms with Gasteiger partial charge >= 0.3 is 12.2 Å². The van der Waals surface area contributed by atoms with E-state index in [-0.39, 0.29) is 12.7 Å². The summed E-state index contributed by atoms with van der Waals surface area (Å²) in [7, 11) is 0. The van der Waals surface area contributed by atoms with E-state index in [4.69, 9.17) is 9.47 Å². The van der Waals surface area contributed by atoms with Crippen LogP contribution in [0.4, 0.5) is 9.59 Å². The molecule has 0 aromatic carbocycles. The zero-order valence-electron chi connectivity index (χ0n) is 14.4. The second-order valence-corrected chi connectivity index (χ2v) is 6.82. The van der Waals surface area contributed by atoms with Crippen molar-refractivity contribution < 1.29 is 24.2 Å². The highest BCUT2D eigenvalue weighted by atomic mass is 16.6. The first-order valence-electron chi connectivity index (χ1n) is 7.82. The van der Waals surface area contributed by atoms with E-state index < -0.39 is 23.3 Å². The van der Waals surface area contributed by atoms with Crippen molar-refractivity contribution in [2.45, 2.75) is 57.8 Å². The van der Waals surface area contributed by atoms with E-state index >= 15 is 0 Å². The van der Waals surface area contributed by atoms with Gasteiger partial charge in [-0.1, -0.05) is 12.7 Å². The van der Waals surface area contributed by atoms with Gasteiger partial charge in [-0.05, 0) is 40.5 Å². The molecule has 1 unspecified atom stereocenters. The monoisotopic (exact) mass is 328 g/mol. The number of aliphatic hydroxyl groups is 1. The van der Waals surface area contributed by atoms with Crippen molar-refractivity contribution in [1.82, 2.24) is 10.2 Å². The fraction of sp³-hybridized carbons (Fsp3) is 0.750. The summed E-state index contributed by atoms with van der Waals surface area (Å²) in [6, 6.07) is -0.486. The molecule has 1 heterocycles. The third-order valence-electron chi connectivity index (χ3n) is 3.75. The summed E-state index contributed by atoms with van der Waals surface area (Å²) in [5.74, 6) is 0. The number of nitrogens with one attached hydrogen (secondary N) is 1. The molecule has 2 amide bonds. The largest absolute Gasteiger partial charge is 0.445 e. The van der Waals surface area contributed by atoms with Gasteiger partial charge in [-0.25, -0.2) is 9.59 Å². The molecule has 0 saturated carbocycles. The topological polar surface area (TPSA) is 88.1 Å². The predicted octanol–water partition coefficient (Wildman–Crippen LogP) is 2.05. The average molecular weight is 328 g/mol. The molecule has 0 aromatic heterocycles. The summed E-state index contributed by atoms with van der Waals surface area (Å²) in [4.78, 5) is 25.1. The molecule has 0 aromatic rings. The molecule has 0 radical (unpaired) electrons. The Morgan fingerprint density at radius 3 is 2.43 bits per heavy atom. The lowest BCUT2D eigenvalue weighted by Crippen LogP contribution is -2.57. The van der Waals surface area contributed by atoms with Gasteiger partial charge in [0.15, 0.2) is 0 Å². The minimum absolute atomic E-state index is 0.114. The number of nitrogens with zero attached hydrogens (tertiary/aromatic N) is 1. The molecule has 23 heavy (non-hydrogen) atoms. The van der Waals surface area contributed by atoms with Gasteiger partial charge in [0.2, 0.25) is 0 Å². The van der Waals surface area contributed by atoms with Crippen LogP contribution >= 0.6 is 0 Å². The van der Waals surface area contributed by atoms with Gasteiger partial charge in [0.1, 0.15) is 12.2 Å². The summed E-state index contributed by atoms with van der Waals surface area (Å²) in [5.41, 5.74) is -1.62. The van der Waals surface area contributed by atoms with Gasteiger partial charge in [-0.15, -0.1) is 0 Å². The van der Waals surface area contributed by atoms with Crippen LogP contribution in [0.1, 0.15) is 40.5 Å². The molecular weight excluding hydrogens is 300 g/mol. The van der Waals surface area contributed by atoms with Crippen LogP contribution in [0, 0.1) is 0 Å². The van der Waals surface area contributed by atoms with Crippen LogP contribution in [-0.4, -0.2) is 59.1 Å². The van der Waals surface area contributed by atoms with Gasteiger partial charge in [0.25, 0.3) is 0 Å². The number of alkyl carbamates (subject to hydrolysis) is 1. The Morgan fingerprint density at radius 2 is 1.96 bits per heavy atom. The van der Waals surface area contributed by atoms with Crippen LogP contribution in [0.5, 0.6) is 0 Å². The van der Waals surface area contributed by atoms with Gasteiger partial charge in [0.05, 0.1) is 11.6 Å². The molecule has 0 aliphatic carbocycles. The first-order chi connectivity index (χ1) is 10.6. The van der Waals surface area contributed by atoms with Crippen LogP contribution in [0.3, 0.4) is 0 Å². The number of hydrogen-bond donors (Lipinski definition) is 2. The summed E-state index contributed by atoms with van der Waals surface area (Å²) in [6.07, 6.45) is 1.20. The lowest BCUT2D eigenvalue weighted by molar-refractivity contribution is -0.0501. The van der Waals surface area contributed by atoms with Crippen molar-refractivity contribution in [2.75, 3.05) is 19.7 Å². The first-order valence-corrected chi connectivity index (χ1v) is 7.82. The van der Waals surface area contributed by atoms with E-state index in [1.54, 1.807) is 11.8 Å². The fourth-order valence-electron chi connectivity index (χ4n) is 2.32. The van der Waals surface area contributed by atoms with E-state index in [0.717, 1.165) is 0 Å². The number of carbonyl (C=O) groups excluding carboxylic acids is 2. The lowest BCUT2D eigenvalue weighted by Gasteiger charge is -2.41. The highest BCUT2D eigenvalue weighted by molar-refractivity contribution is 5.69.